The molecule has 0 unspecified atom stereocenters. The number of nitrogens with one attached hydrogen (secondary N) is 1. The molecule has 1 N–H and O–H groups in total. The number of nitrogens with zero attached hydrogens (tertiary/aromatic N) is 2. The van der Waals surface area contributed by atoms with E-state index in [0.29, 0.717) is 5.92 Å². The molecule has 5 rings (SSSR count). The molecule has 0 bridgehead atoms. The quantitative estimate of drug-likeness (QED) is 0.232. The highest BCUT2D eigenvalue weighted by Crippen LogP contribution is 2.45. The van der Waals surface area contributed by atoms with Crippen molar-refractivity contribution in [2.24, 2.45) is 16.3 Å². The lowest BCUT2D eigenvalue weighted by Crippen LogP contribution is -2.27. The topological polar surface area (TPSA) is 46.4 Å². The third-order valence-corrected chi connectivity index (χ3v) is 9.30. The summed E-state index contributed by atoms with van der Waals surface area (Å²) in [4.78, 5) is 19.9. The van der Waals surface area contributed by atoms with Gasteiger partial charge in [-0.3, -0.25) is 4.79 Å². The van der Waals surface area contributed by atoms with Crippen LogP contribution in [0.25, 0.3) is 5.69 Å². The molecule has 2 aromatic carbocycles. The smallest absolute Gasteiger partial charge is 0.259 e. The van der Waals surface area contributed by atoms with Crippen LogP contribution in [-0.2, 0) is 12.8 Å². The van der Waals surface area contributed by atoms with Crippen LogP contribution in [0.3, 0.4) is 0 Å². The predicted octanol–water partition coefficient (Wildman–Crippen LogP) is 9.07. The molecule has 0 fully saturated rings. The highest BCUT2D eigenvalue weighted by Gasteiger charge is 2.33. The summed E-state index contributed by atoms with van der Waals surface area (Å²) in [5.41, 5.74) is 7.39. The summed E-state index contributed by atoms with van der Waals surface area (Å²) in [6, 6.07) is 20.2. The first kappa shape index (κ1) is 26.6. The van der Waals surface area contributed by atoms with Crippen molar-refractivity contribution in [3.63, 3.8) is 0 Å². The Balaban J connectivity index is 1.52. The van der Waals surface area contributed by atoms with Crippen LogP contribution in [0, 0.1) is 25.2 Å². The summed E-state index contributed by atoms with van der Waals surface area (Å²) in [6.07, 6.45) is 4.94. The first-order valence-electron chi connectivity index (χ1n) is 13.1. The lowest BCUT2D eigenvalue weighted by Gasteiger charge is -2.33. The van der Waals surface area contributed by atoms with Gasteiger partial charge < -0.3 is 9.88 Å². The van der Waals surface area contributed by atoms with Crippen LogP contribution in [0.15, 0.2) is 70.1 Å². The van der Waals surface area contributed by atoms with Crippen LogP contribution in [0.1, 0.15) is 64.9 Å². The minimum atomic E-state index is -0.0737. The molecule has 0 aliphatic heterocycles. The van der Waals surface area contributed by atoms with Gasteiger partial charge in [0.05, 0.1) is 5.56 Å². The van der Waals surface area contributed by atoms with Crippen molar-refractivity contribution in [2.45, 2.75) is 53.9 Å². The number of carbonyl (C=O) groups is 1. The number of benzene rings is 2. The Morgan fingerprint density at radius 3 is 2.50 bits per heavy atom. The number of aryl methyl sites for hydroxylation is 1. The minimum Gasteiger partial charge on any atom is -0.322 e. The Labute approximate surface area is 238 Å². The van der Waals surface area contributed by atoms with Gasteiger partial charge in [-0.05, 0) is 92.5 Å². The van der Waals surface area contributed by atoms with E-state index in [0.717, 1.165) is 62.6 Å². The lowest BCUT2D eigenvalue weighted by molar-refractivity contribution is 0.102. The van der Waals surface area contributed by atoms with E-state index in [4.69, 9.17) is 4.99 Å². The molecular formula is C32H34BrN3OS. The normalized spacial score (nSPS) is 15.6. The number of thiophene rings is 1. The predicted molar refractivity (Wildman–Crippen MR) is 164 cm³/mol. The summed E-state index contributed by atoms with van der Waals surface area (Å²) in [6.45, 7) is 11.2. The van der Waals surface area contributed by atoms with Crippen molar-refractivity contribution in [3.05, 3.63) is 98.1 Å². The highest BCUT2D eigenvalue weighted by atomic mass is 79.9. The molecule has 1 aliphatic rings. The number of fused-ring (bicyclic) bond motifs is 1. The van der Waals surface area contributed by atoms with Crippen molar-refractivity contribution >= 4 is 50.1 Å². The molecule has 1 atom stereocenters. The van der Waals surface area contributed by atoms with Crippen LogP contribution in [0.2, 0.25) is 0 Å². The SMILES string of the molecule is Cc1cc(C=Nc2sc3c(c2C(=O)Nc2ccccc2)CC[C@H](C(C)(C)C)C3)c(C)n1-c1ccc(Br)cc1. The Morgan fingerprint density at radius 1 is 1.11 bits per heavy atom. The van der Waals surface area contributed by atoms with Crippen LogP contribution in [0.5, 0.6) is 0 Å². The van der Waals surface area contributed by atoms with Gasteiger partial charge >= 0.3 is 0 Å². The largest absolute Gasteiger partial charge is 0.322 e. The highest BCUT2D eigenvalue weighted by molar-refractivity contribution is 9.10. The van der Waals surface area contributed by atoms with Crippen molar-refractivity contribution < 1.29 is 4.79 Å². The van der Waals surface area contributed by atoms with Crippen LogP contribution in [0.4, 0.5) is 10.7 Å². The average molecular weight is 589 g/mol. The maximum absolute atomic E-state index is 13.6. The zero-order chi connectivity index (χ0) is 27.0. The van der Waals surface area contributed by atoms with Crippen molar-refractivity contribution in [3.8, 4) is 5.69 Å². The molecule has 6 heteroatoms. The molecule has 0 saturated carbocycles. The van der Waals surface area contributed by atoms with E-state index in [9.17, 15) is 4.79 Å². The zero-order valence-corrected chi connectivity index (χ0v) is 25.0. The van der Waals surface area contributed by atoms with Crippen LogP contribution in [-0.4, -0.2) is 16.7 Å². The van der Waals surface area contributed by atoms with Gasteiger partial charge in [0.15, 0.2) is 0 Å². The molecule has 4 nitrogen and oxygen atoms in total. The van der Waals surface area contributed by atoms with E-state index in [-0.39, 0.29) is 11.3 Å². The zero-order valence-electron chi connectivity index (χ0n) is 22.6. The number of para-hydroxylation sites is 1. The van der Waals surface area contributed by atoms with E-state index in [1.165, 1.54) is 10.4 Å². The van der Waals surface area contributed by atoms with Gasteiger partial charge in [-0.15, -0.1) is 11.3 Å². The van der Waals surface area contributed by atoms with Crippen molar-refractivity contribution in [2.75, 3.05) is 5.32 Å². The fraction of sp³-hybridized carbons (Fsp3) is 0.312. The van der Waals surface area contributed by atoms with E-state index < -0.39 is 0 Å². The van der Waals surface area contributed by atoms with Crippen molar-refractivity contribution in [1.82, 2.24) is 4.57 Å². The molecule has 4 aromatic rings. The van der Waals surface area contributed by atoms with E-state index in [1.807, 2.05) is 36.5 Å². The number of carbonyl (C=O) groups excluding carboxylic acids is 1. The summed E-state index contributed by atoms with van der Waals surface area (Å²) in [7, 11) is 0. The van der Waals surface area contributed by atoms with E-state index in [2.05, 4.69) is 90.8 Å². The molecule has 2 heterocycles. The maximum atomic E-state index is 13.6. The van der Waals surface area contributed by atoms with Gasteiger partial charge in [-0.2, -0.15) is 0 Å². The minimum absolute atomic E-state index is 0.0737. The Hall–Kier alpha value is -2.96. The first-order valence-corrected chi connectivity index (χ1v) is 14.7. The number of rotatable bonds is 5. The second-order valence-electron chi connectivity index (χ2n) is 11.2. The van der Waals surface area contributed by atoms with E-state index in [1.54, 1.807) is 11.3 Å². The molecule has 0 radical (unpaired) electrons. The van der Waals surface area contributed by atoms with Gasteiger partial charge in [0.25, 0.3) is 5.91 Å². The molecule has 196 valence electrons. The fourth-order valence-electron chi connectivity index (χ4n) is 5.38. The molecule has 1 amide bonds. The number of hydrogen-bond donors (Lipinski definition) is 1. The Morgan fingerprint density at radius 2 is 1.82 bits per heavy atom. The van der Waals surface area contributed by atoms with Crippen LogP contribution < -0.4 is 5.32 Å². The lowest BCUT2D eigenvalue weighted by atomic mass is 9.72. The molecule has 38 heavy (non-hydrogen) atoms. The second-order valence-corrected chi connectivity index (χ2v) is 13.2. The summed E-state index contributed by atoms with van der Waals surface area (Å²) in [5.74, 6) is 0.524. The number of anilines is 1. The standard InChI is InChI=1S/C32H34BrN3OS/c1-20-17-22(21(2)36(20)26-14-12-24(33)13-15-26)19-34-31-29(30(37)35-25-9-7-6-8-10-25)27-16-11-23(32(3,4)5)18-28(27)38-31/h6-10,12-15,17,19,23H,11,16,18H2,1-5H3,(H,35,37)/t23-/m0/s1. The first-order chi connectivity index (χ1) is 18.1. The number of aliphatic imine (C=N–C) groups is 1. The van der Waals surface area contributed by atoms with Gasteiger partial charge in [-0.25, -0.2) is 4.99 Å². The van der Waals surface area contributed by atoms with E-state index >= 15 is 0 Å². The number of aromatic nitrogens is 1. The Bertz CT molecular complexity index is 1490. The molecule has 1 aliphatic carbocycles. The van der Waals surface area contributed by atoms with Crippen molar-refractivity contribution in [1.29, 1.82) is 0 Å². The van der Waals surface area contributed by atoms with Gasteiger partial charge in [0.1, 0.15) is 5.00 Å². The van der Waals surface area contributed by atoms with Gasteiger partial charge in [-0.1, -0.05) is 54.9 Å². The Kier molecular flexibility index (Phi) is 7.47. The average Bonchev–Trinajstić information content (AvgIpc) is 3.39. The number of hydrogen-bond acceptors (Lipinski definition) is 3. The number of amides is 1. The molecule has 2 aromatic heterocycles. The molecular weight excluding hydrogens is 554 g/mol. The van der Waals surface area contributed by atoms with Gasteiger partial charge in [0, 0.05) is 43.9 Å². The maximum Gasteiger partial charge on any atom is 0.259 e. The second kappa shape index (κ2) is 10.7. The van der Waals surface area contributed by atoms with Crippen LogP contribution >= 0.6 is 27.3 Å². The third-order valence-electron chi connectivity index (χ3n) is 7.61. The fourth-order valence-corrected chi connectivity index (χ4v) is 6.92. The monoisotopic (exact) mass is 587 g/mol. The number of halogens is 1. The molecule has 0 saturated heterocycles. The van der Waals surface area contributed by atoms with Gasteiger partial charge in [0.2, 0.25) is 0 Å². The summed E-state index contributed by atoms with van der Waals surface area (Å²) < 4.78 is 3.30. The summed E-state index contributed by atoms with van der Waals surface area (Å²) in [5, 5.41) is 3.91. The molecule has 0 spiro atoms. The summed E-state index contributed by atoms with van der Waals surface area (Å²) >= 11 is 5.21. The third kappa shape index (κ3) is 5.43.